The number of anilines is 1. The zero-order chi connectivity index (χ0) is 16.8. The fourth-order valence-electron chi connectivity index (χ4n) is 2.17. The maximum absolute atomic E-state index is 12.4. The van der Waals surface area contributed by atoms with Crippen molar-refractivity contribution >= 4 is 17.6 Å². The van der Waals surface area contributed by atoms with Crippen LogP contribution in [0.5, 0.6) is 0 Å². The van der Waals surface area contributed by atoms with Gasteiger partial charge in [0.2, 0.25) is 11.8 Å². The Bertz CT molecular complexity index is 620. The molecule has 0 aromatic carbocycles. The fourth-order valence-corrected chi connectivity index (χ4v) is 2.17. The van der Waals surface area contributed by atoms with Gasteiger partial charge >= 0.3 is 0 Å². The lowest BCUT2D eigenvalue weighted by Gasteiger charge is -2.22. The molecule has 0 aliphatic heterocycles. The quantitative estimate of drug-likeness (QED) is 0.716. The van der Waals surface area contributed by atoms with E-state index < -0.39 is 12.1 Å². The van der Waals surface area contributed by atoms with Gasteiger partial charge in [-0.05, 0) is 25.3 Å². The summed E-state index contributed by atoms with van der Waals surface area (Å²) < 4.78 is 1.55. The van der Waals surface area contributed by atoms with E-state index in [1.807, 2.05) is 13.8 Å². The normalized spacial score (nSPS) is 13.6. The Balaban J connectivity index is 2.02. The number of carbonyl (C=O) groups is 2. The van der Waals surface area contributed by atoms with Crippen LogP contribution in [-0.4, -0.2) is 37.8 Å². The summed E-state index contributed by atoms with van der Waals surface area (Å²) in [7, 11) is 0. The smallest absolute Gasteiger partial charge is 0.248 e. The van der Waals surface area contributed by atoms with Crippen LogP contribution in [0.25, 0.3) is 0 Å². The molecular weight excluding hydrogens is 296 g/mol. The minimum Gasteiger partial charge on any atom is -0.342 e. The third-order valence-electron chi connectivity index (χ3n) is 3.40. The van der Waals surface area contributed by atoms with Crippen molar-refractivity contribution in [3.05, 3.63) is 30.7 Å². The highest BCUT2D eigenvalue weighted by atomic mass is 16.2. The van der Waals surface area contributed by atoms with E-state index in [1.54, 1.807) is 42.3 Å². The van der Waals surface area contributed by atoms with Gasteiger partial charge in [-0.25, -0.2) is 0 Å². The highest BCUT2D eigenvalue weighted by molar-refractivity contribution is 5.96. The summed E-state index contributed by atoms with van der Waals surface area (Å²) in [5, 5.41) is 16.0. The number of carbonyl (C=O) groups excluding carboxylic acids is 2. The average molecular weight is 318 g/mol. The molecule has 2 aromatic heterocycles. The number of nitrogens with zero attached hydrogens (tertiary/aromatic N) is 3. The van der Waals surface area contributed by atoms with E-state index in [0.29, 0.717) is 12.2 Å². The molecule has 8 heteroatoms. The van der Waals surface area contributed by atoms with Crippen LogP contribution >= 0.6 is 0 Å². The van der Waals surface area contributed by atoms with Crippen molar-refractivity contribution in [1.82, 2.24) is 25.3 Å². The number of nitrogens with one attached hydrogen (secondary N) is 3. The molecular formula is C15H22N6O2. The molecule has 0 radical (unpaired) electrons. The topological polar surface area (TPSA) is 105 Å². The van der Waals surface area contributed by atoms with E-state index in [9.17, 15) is 9.59 Å². The van der Waals surface area contributed by atoms with Crippen LogP contribution in [0.1, 0.15) is 33.2 Å². The standard InChI is InChI=1S/C15H22N6O2/c1-10(2)9-12(15(23)19-13-5-7-16-20-13)18-14(22)11(3)21-8-4-6-17-21/h4-8,10-12H,9H2,1-3H3,(H,18,22)(H2,16,19,20,23)/t11-,12+/m0/s1. The number of hydrogen-bond acceptors (Lipinski definition) is 4. The predicted molar refractivity (Wildman–Crippen MR) is 85.5 cm³/mol. The average Bonchev–Trinajstić information content (AvgIpc) is 3.18. The van der Waals surface area contributed by atoms with Crippen LogP contribution in [0, 0.1) is 5.92 Å². The predicted octanol–water partition coefficient (Wildman–Crippen LogP) is 1.34. The third kappa shape index (κ3) is 4.67. The van der Waals surface area contributed by atoms with Crippen LogP contribution in [0.15, 0.2) is 30.7 Å². The molecule has 8 nitrogen and oxygen atoms in total. The lowest BCUT2D eigenvalue weighted by atomic mass is 10.0. The minimum absolute atomic E-state index is 0.251. The van der Waals surface area contributed by atoms with Crippen LogP contribution in [-0.2, 0) is 9.59 Å². The fraction of sp³-hybridized carbons (Fsp3) is 0.467. The number of amides is 2. The van der Waals surface area contributed by atoms with Gasteiger partial charge in [-0.15, -0.1) is 0 Å². The number of H-pyrrole nitrogens is 1. The molecule has 0 saturated heterocycles. The van der Waals surface area contributed by atoms with E-state index in [1.165, 1.54) is 0 Å². The molecule has 0 aliphatic rings. The molecule has 0 unspecified atom stereocenters. The second kappa shape index (κ2) is 7.57. The summed E-state index contributed by atoms with van der Waals surface area (Å²) in [6.07, 6.45) is 5.41. The molecule has 0 bridgehead atoms. The second-order valence-electron chi connectivity index (χ2n) is 5.81. The first-order chi connectivity index (χ1) is 11.0. The largest absolute Gasteiger partial charge is 0.342 e. The van der Waals surface area contributed by atoms with Crippen LogP contribution < -0.4 is 10.6 Å². The van der Waals surface area contributed by atoms with Crippen molar-refractivity contribution in [2.75, 3.05) is 5.32 Å². The van der Waals surface area contributed by atoms with E-state index in [4.69, 9.17) is 0 Å². The lowest BCUT2D eigenvalue weighted by Crippen LogP contribution is -2.46. The summed E-state index contributed by atoms with van der Waals surface area (Å²) in [6, 6.07) is 2.29. The molecule has 3 N–H and O–H groups in total. The molecule has 0 spiro atoms. The SMILES string of the molecule is CC(C)C[C@@H](NC(=O)[C@H](C)n1cccn1)C(=O)Nc1ccn[nH]1. The summed E-state index contributed by atoms with van der Waals surface area (Å²) in [6.45, 7) is 5.74. The van der Waals surface area contributed by atoms with Crippen LogP contribution in [0.3, 0.4) is 0 Å². The van der Waals surface area contributed by atoms with Crippen molar-refractivity contribution < 1.29 is 9.59 Å². The Kier molecular flexibility index (Phi) is 5.51. The maximum atomic E-state index is 12.4. The minimum atomic E-state index is -0.621. The Labute approximate surface area is 134 Å². The number of rotatable bonds is 7. The van der Waals surface area contributed by atoms with Crippen molar-refractivity contribution in [1.29, 1.82) is 0 Å². The Morgan fingerprint density at radius 3 is 2.61 bits per heavy atom. The molecule has 0 aliphatic carbocycles. The first kappa shape index (κ1) is 16.7. The van der Waals surface area contributed by atoms with E-state index in [-0.39, 0.29) is 17.7 Å². The number of aromatic nitrogens is 4. The first-order valence-electron chi connectivity index (χ1n) is 7.57. The van der Waals surface area contributed by atoms with Gasteiger partial charge in [0.1, 0.15) is 17.9 Å². The van der Waals surface area contributed by atoms with Gasteiger partial charge in [-0.1, -0.05) is 13.8 Å². The van der Waals surface area contributed by atoms with E-state index in [0.717, 1.165) is 0 Å². The summed E-state index contributed by atoms with van der Waals surface area (Å²) in [5.74, 6) is 0.231. The first-order valence-corrected chi connectivity index (χ1v) is 7.57. The monoisotopic (exact) mass is 318 g/mol. The van der Waals surface area contributed by atoms with Crippen LogP contribution in [0.4, 0.5) is 5.82 Å². The van der Waals surface area contributed by atoms with Crippen molar-refractivity contribution in [3.63, 3.8) is 0 Å². The molecule has 2 atom stereocenters. The van der Waals surface area contributed by atoms with Crippen molar-refractivity contribution in [3.8, 4) is 0 Å². The summed E-state index contributed by atoms with van der Waals surface area (Å²) in [5.41, 5.74) is 0. The molecule has 2 rings (SSSR count). The van der Waals surface area contributed by atoms with E-state index >= 15 is 0 Å². The Morgan fingerprint density at radius 2 is 2.04 bits per heavy atom. The number of aromatic amines is 1. The Hall–Kier alpha value is -2.64. The summed E-state index contributed by atoms with van der Waals surface area (Å²) >= 11 is 0. The van der Waals surface area contributed by atoms with Gasteiger partial charge in [0.05, 0.1) is 6.20 Å². The van der Waals surface area contributed by atoms with Crippen molar-refractivity contribution in [2.45, 2.75) is 39.3 Å². The maximum Gasteiger partial charge on any atom is 0.248 e. The molecule has 2 aromatic rings. The zero-order valence-electron chi connectivity index (χ0n) is 13.5. The second-order valence-corrected chi connectivity index (χ2v) is 5.81. The van der Waals surface area contributed by atoms with E-state index in [2.05, 4.69) is 25.9 Å². The summed E-state index contributed by atoms with van der Waals surface area (Å²) in [4.78, 5) is 24.8. The van der Waals surface area contributed by atoms with Crippen LogP contribution in [0.2, 0.25) is 0 Å². The molecule has 23 heavy (non-hydrogen) atoms. The van der Waals surface area contributed by atoms with Gasteiger partial charge in [0, 0.05) is 18.5 Å². The number of hydrogen-bond donors (Lipinski definition) is 3. The molecule has 0 fully saturated rings. The molecule has 0 saturated carbocycles. The Morgan fingerprint density at radius 1 is 1.26 bits per heavy atom. The highest BCUT2D eigenvalue weighted by Gasteiger charge is 2.25. The van der Waals surface area contributed by atoms with Gasteiger partial charge in [-0.2, -0.15) is 10.2 Å². The zero-order valence-corrected chi connectivity index (χ0v) is 13.5. The lowest BCUT2D eigenvalue weighted by molar-refractivity contribution is -0.128. The molecule has 2 amide bonds. The van der Waals surface area contributed by atoms with Gasteiger partial charge in [0.15, 0.2) is 0 Å². The third-order valence-corrected chi connectivity index (χ3v) is 3.40. The molecule has 2 heterocycles. The van der Waals surface area contributed by atoms with Crippen molar-refractivity contribution in [2.24, 2.45) is 5.92 Å². The van der Waals surface area contributed by atoms with Gasteiger partial charge in [0.25, 0.3) is 0 Å². The highest BCUT2D eigenvalue weighted by Crippen LogP contribution is 2.10. The molecule has 124 valence electrons. The van der Waals surface area contributed by atoms with Gasteiger partial charge < -0.3 is 10.6 Å². The van der Waals surface area contributed by atoms with Gasteiger partial charge in [-0.3, -0.25) is 19.4 Å².